The molecule has 0 saturated heterocycles. The molecule has 0 atom stereocenters. The van der Waals surface area contributed by atoms with Crippen LogP contribution in [0.25, 0.3) is 11.3 Å². The van der Waals surface area contributed by atoms with E-state index < -0.39 is 5.97 Å². The quantitative estimate of drug-likeness (QED) is 0.724. The first-order chi connectivity index (χ1) is 11.7. The molecule has 1 N–H and O–H groups in total. The van der Waals surface area contributed by atoms with Gasteiger partial charge in [-0.15, -0.1) is 5.10 Å². The molecular weight excluding hydrogens is 306 g/mol. The van der Waals surface area contributed by atoms with Crippen LogP contribution in [-0.4, -0.2) is 28.0 Å². The molecule has 0 unspecified atom stereocenters. The smallest absolute Gasteiger partial charge is 0.361 e. The molecule has 0 saturated carbocycles. The second-order valence-electron chi connectivity index (χ2n) is 5.18. The van der Waals surface area contributed by atoms with Gasteiger partial charge in [0.25, 0.3) is 0 Å². The number of ether oxygens (including phenoxy) is 2. The standard InChI is InChI=1S/C18H17N3O3/c1-3-23-18(22)17-16(19-21-20-17)13-6-10-15(11-7-13)24-14-8-4-12(2)5-9-14/h4-11H,3H2,1-2H3,(H,19,20,21). The fourth-order valence-electron chi connectivity index (χ4n) is 2.20. The van der Waals surface area contributed by atoms with Crippen LogP contribution in [0, 0.1) is 6.92 Å². The van der Waals surface area contributed by atoms with E-state index in [0.29, 0.717) is 11.4 Å². The SMILES string of the molecule is CCOC(=O)c1n[nH]nc1-c1ccc(Oc2ccc(C)cc2)cc1. The number of hydrogen-bond donors (Lipinski definition) is 1. The van der Waals surface area contributed by atoms with Gasteiger partial charge in [0, 0.05) is 5.56 Å². The third-order valence-corrected chi connectivity index (χ3v) is 3.40. The Balaban J connectivity index is 1.79. The molecule has 0 fully saturated rings. The van der Waals surface area contributed by atoms with E-state index in [1.807, 2.05) is 55.5 Å². The maximum absolute atomic E-state index is 11.9. The number of nitrogens with one attached hydrogen (secondary N) is 1. The van der Waals surface area contributed by atoms with Gasteiger partial charge < -0.3 is 9.47 Å². The van der Waals surface area contributed by atoms with E-state index in [2.05, 4.69) is 15.4 Å². The van der Waals surface area contributed by atoms with E-state index in [1.54, 1.807) is 6.92 Å². The minimum absolute atomic E-state index is 0.170. The van der Waals surface area contributed by atoms with Crippen molar-refractivity contribution < 1.29 is 14.3 Å². The van der Waals surface area contributed by atoms with E-state index >= 15 is 0 Å². The van der Waals surface area contributed by atoms with Crippen molar-refractivity contribution in [2.24, 2.45) is 0 Å². The van der Waals surface area contributed by atoms with E-state index in [4.69, 9.17) is 9.47 Å². The summed E-state index contributed by atoms with van der Waals surface area (Å²) in [4.78, 5) is 11.9. The Morgan fingerprint density at radius 2 is 1.62 bits per heavy atom. The van der Waals surface area contributed by atoms with E-state index in [-0.39, 0.29) is 12.3 Å². The van der Waals surface area contributed by atoms with Crippen molar-refractivity contribution in [3.8, 4) is 22.8 Å². The predicted octanol–water partition coefficient (Wildman–Crippen LogP) is 3.75. The normalized spacial score (nSPS) is 10.4. The van der Waals surface area contributed by atoms with Gasteiger partial charge in [-0.3, -0.25) is 0 Å². The second-order valence-corrected chi connectivity index (χ2v) is 5.18. The maximum Gasteiger partial charge on any atom is 0.361 e. The number of aromatic nitrogens is 3. The fraction of sp³-hybridized carbons (Fsp3) is 0.167. The zero-order valence-electron chi connectivity index (χ0n) is 13.4. The molecular formula is C18H17N3O3. The lowest BCUT2D eigenvalue weighted by atomic mass is 10.1. The molecule has 122 valence electrons. The van der Waals surface area contributed by atoms with Gasteiger partial charge in [-0.25, -0.2) is 4.79 Å². The van der Waals surface area contributed by atoms with Gasteiger partial charge in [0.1, 0.15) is 17.2 Å². The minimum Gasteiger partial charge on any atom is -0.461 e. The molecule has 6 nitrogen and oxygen atoms in total. The number of rotatable bonds is 5. The average molecular weight is 323 g/mol. The second kappa shape index (κ2) is 6.95. The Labute approximate surface area is 139 Å². The third kappa shape index (κ3) is 3.43. The zero-order valence-corrected chi connectivity index (χ0v) is 13.4. The van der Waals surface area contributed by atoms with Crippen molar-refractivity contribution in [3.05, 3.63) is 59.8 Å². The predicted molar refractivity (Wildman–Crippen MR) is 89.0 cm³/mol. The topological polar surface area (TPSA) is 77.1 Å². The summed E-state index contributed by atoms with van der Waals surface area (Å²) in [5.41, 5.74) is 2.55. The Bertz CT molecular complexity index is 823. The van der Waals surface area contributed by atoms with Gasteiger partial charge in [-0.2, -0.15) is 10.3 Å². The molecule has 3 aromatic rings. The van der Waals surface area contributed by atoms with Crippen LogP contribution in [0.15, 0.2) is 48.5 Å². The lowest BCUT2D eigenvalue weighted by Crippen LogP contribution is -2.06. The van der Waals surface area contributed by atoms with Crippen LogP contribution in [0.4, 0.5) is 0 Å². The first-order valence-electron chi connectivity index (χ1n) is 7.60. The molecule has 6 heteroatoms. The van der Waals surface area contributed by atoms with Gasteiger partial charge in [-0.1, -0.05) is 17.7 Å². The number of aromatic amines is 1. The van der Waals surface area contributed by atoms with Crippen molar-refractivity contribution in [3.63, 3.8) is 0 Å². The van der Waals surface area contributed by atoms with Crippen molar-refractivity contribution >= 4 is 5.97 Å². The highest BCUT2D eigenvalue weighted by atomic mass is 16.5. The molecule has 24 heavy (non-hydrogen) atoms. The molecule has 0 amide bonds. The first kappa shape index (κ1) is 15.7. The monoisotopic (exact) mass is 323 g/mol. The van der Waals surface area contributed by atoms with Gasteiger partial charge in [0.2, 0.25) is 0 Å². The van der Waals surface area contributed by atoms with Crippen molar-refractivity contribution in [2.45, 2.75) is 13.8 Å². The van der Waals surface area contributed by atoms with Gasteiger partial charge in [0.05, 0.1) is 6.61 Å². The first-order valence-corrected chi connectivity index (χ1v) is 7.60. The molecule has 0 bridgehead atoms. The minimum atomic E-state index is -0.499. The molecule has 0 radical (unpaired) electrons. The number of hydrogen-bond acceptors (Lipinski definition) is 5. The zero-order chi connectivity index (χ0) is 16.9. The van der Waals surface area contributed by atoms with Crippen LogP contribution in [0.2, 0.25) is 0 Å². The number of esters is 1. The van der Waals surface area contributed by atoms with Gasteiger partial charge >= 0.3 is 5.97 Å². The van der Waals surface area contributed by atoms with Crippen LogP contribution in [0.3, 0.4) is 0 Å². The molecule has 0 spiro atoms. The van der Waals surface area contributed by atoms with Crippen LogP contribution in [0.5, 0.6) is 11.5 Å². The highest BCUT2D eigenvalue weighted by Gasteiger charge is 2.18. The number of nitrogens with zero attached hydrogens (tertiary/aromatic N) is 2. The Morgan fingerprint density at radius 3 is 2.25 bits per heavy atom. The van der Waals surface area contributed by atoms with Crippen molar-refractivity contribution in [2.75, 3.05) is 6.61 Å². The summed E-state index contributed by atoms with van der Waals surface area (Å²) in [5.74, 6) is 0.965. The van der Waals surface area contributed by atoms with E-state index in [1.165, 1.54) is 5.56 Å². The molecule has 0 aliphatic carbocycles. The fourth-order valence-corrected chi connectivity index (χ4v) is 2.20. The number of carbonyl (C=O) groups excluding carboxylic acids is 1. The maximum atomic E-state index is 11.9. The Morgan fingerprint density at radius 1 is 1.00 bits per heavy atom. The van der Waals surface area contributed by atoms with Gasteiger partial charge in [-0.05, 0) is 50.2 Å². The third-order valence-electron chi connectivity index (χ3n) is 3.40. The summed E-state index contributed by atoms with van der Waals surface area (Å²) in [5, 5.41) is 10.4. The van der Waals surface area contributed by atoms with Crippen LogP contribution >= 0.6 is 0 Å². The van der Waals surface area contributed by atoms with E-state index in [0.717, 1.165) is 11.3 Å². The van der Waals surface area contributed by atoms with E-state index in [9.17, 15) is 4.79 Å². The number of carbonyl (C=O) groups is 1. The number of aryl methyl sites for hydroxylation is 1. The largest absolute Gasteiger partial charge is 0.461 e. The Kier molecular flexibility index (Phi) is 4.56. The van der Waals surface area contributed by atoms with Crippen molar-refractivity contribution in [1.29, 1.82) is 0 Å². The molecule has 0 aliphatic heterocycles. The molecule has 3 rings (SSSR count). The average Bonchev–Trinajstić information content (AvgIpc) is 3.08. The number of benzene rings is 2. The molecule has 1 heterocycles. The summed E-state index contributed by atoms with van der Waals surface area (Å²) >= 11 is 0. The highest BCUT2D eigenvalue weighted by Crippen LogP contribution is 2.26. The summed E-state index contributed by atoms with van der Waals surface area (Å²) in [6.07, 6.45) is 0. The summed E-state index contributed by atoms with van der Waals surface area (Å²) in [7, 11) is 0. The summed E-state index contributed by atoms with van der Waals surface area (Å²) in [6, 6.07) is 15.1. The molecule has 1 aromatic heterocycles. The lowest BCUT2D eigenvalue weighted by Gasteiger charge is -2.07. The van der Waals surface area contributed by atoms with Crippen LogP contribution in [-0.2, 0) is 4.74 Å². The van der Waals surface area contributed by atoms with Crippen molar-refractivity contribution in [1.82, 2.24) is 15.4 Å². The van der Waals surface area contributed by atoms with Crippen LogP contribution < -0.4 is 4.74 Å². The van der Waals surface area contributed by atoms with Gasteiger partial charge in [0.15, 0.2) is 5.69 Å². The van der Waals surface area contributed by atoms with Crippen LogP contribution in [0.1, 0.15) is 23.0 Å². The molecule has 2 aromatic carbocycles. The summed E-state index contributed by atoms with van der Waals surface area (Å²) < 4.78 is 10.8. The Hall–Kier alpha value is -3.15. The lowest BCUT2D eigenvalue weighted by molar-refractivity contribution is 0.0520. The highest BCUT2D eigenvalue weighted by molar-refractivity contribution is 5.93. The summed E-state index contributed by atoms with van der Waals surface area (Å²) in [6.45, 7) is 4.06. The molecule has 0 aliphatic rings. The number of H-pyrrole nitrogens is 1.